The average Bonchev–Trinajstić information content (AvgIpc) is 3.27. The van der Waals surface area contributed by atoms with Gasteiger partial charge < -0.3 is 9.47 Å². The van der Waals surface area contributed by atoms with Gasteiger partial charge in [0.05, 0.1) is 6.20 Å². The van der Waals surface area contributed by atoms with Crippen LogP contribution in [0.4, 0.5) is 13.2 Å². The van der Waals surface area contributed by atoms with Crippen LogP contribution in [0.2, 0.25) is 5.15 Å². The van der Waals surface area contributed by atoms with Crippen LogP contribution in [0.25, 0.3) is 5.65 Å². The van der Waals surface area contributed by atoms with Crippen LogP contribution in [0.5, 0.6) is 11.5 Å². The molecule has 0 spiro atoms. The second-order valence-corrected chi connectivity index (χ2v) is 6.01. The van der Waals surface area contributed by atoms with Gasteiger partial charge in [0.25, 0.3) is 0 Å². The van der Waals surface area contributed by atoms with Crippen molar-refractivity contribution in [3.8, 4) is 11.5 Å². The van der Waals surface area contributed by atoms with Gasteiger partial charge in [0.15, 0.2) is 22.3 Å². The molecule has 1 aromatic carbocycles. The Morgan fingerprint density at radius 2 is 1.80 bits per heavy atom. The van der Waals surface area contributed by atoms with E-state index in [1.165, 1.54) is 18.3 Å². The van der Waals surface area contributed by atoms with Gasteiger partial charge in [-0.05, 0) is 37.0 Å². The number of fused-ring (bicyclic) bond motifs is 2. The normalized spacial score (nSPS) is 17.3. The molecule has 0 amide bonds. The molecule has 1 aliphatic heterocycles. The summed E-state index contributed by atoms with van der Waals surface area (Å²) in [7, 11) is 0. The summed E-state index contributed by atoms with van der Waals surface area (Å²) in [6.07, 6.45) is -0.0663. The number of ether oxygens (including phenoxy) is 2. The van der Waals surface area contributed by atoms with Crippen LogP contribution in [0.15, 0.2) is 36.5 Å². The van der Waals surface area contributed by atoms with Crippen LogP contribution in [0, 0.1) is 5.95 Å². The Bertz CT molecular complexity index is 917. The van der Waals surface area contributed by atoms with E-state index in [4.69, 9.17) is 11.6 Å². The Morgan fingerprint density at radius 1 is 1.16 bits per heavy atom. The molecular formula is C16H11ClF3N3O2. The van der Waals surface area contributed by atoms with Crippen molar-refractivity contribution in [2.24, 2.45) is 0 Å². The Kier molecular flexibility index (Phi) is 3.72. The van der Waals surface area contributed by atoms with Crippen LogP contribution in [-0.4, -0.2) is 20.9 Å². The highest BCUT2D eigenvalue weighted by Gasteiger charge is 2.42. The maximum atomic E-state index is 13.2. The quantitative estimate of drug-likeness (QED) is 0.637. The SMILES string of the molecule is FC1(F)Oc2ccccc2O1.Fc1cnc2c(C3CC3)cc(Cl)nn12. The van der Waals surface area contributed by atoms with E-state index in [1.807, 2.05) is 0 Å². The Labute approximate surface area is 144 Å². The van der Waals surface area contributed by atoms with Gasteiger partial charge in [-0.2, -0.15) is 14.0 Å². The lowest BCUT2D eigenvalue weighted by Gasteiger charge is -2.04. The van der Waals surface area contributed by atoms with Gasteiger partial charge in [-0.1, -0.05) is 23.7 Å². The van der Waals surface area contributed by atoms with Crippen LogP contribution < -0.4 is 9.47 Å². The van der Waals surface area contributed by atoms with Crippen molar-refractivity contribution in [1.29, 1.82) is 0 Å². The number of para-hydroxylation sites is 2. The second-order valence-electron chi connectivity index (χ2n) is 5.63. The minimum atomic E-state index is -3.50. The fourth-order valence-electron chi connectivity index (χ4n) is 2.52. The number of rotatable bonds is 1. The summed E-state index contributed by atoms with van der Waals surface area (Å²) >= 11 is 5.80. The summed E-state index contributed by atoms with van der Waals surface area (Å²) in [5.41, 5.74) is 1.60. The van der Waals surface area contributed by atoms with Gasteiger partial charge in [0, 0.05) is 5.56 Å². The highest BCUT2D eigenvalue weighted by atomic mass is 35.5. The van der Waals surface area contributed by atoms with Crippen LogP contribution in [0.3, 0.4) is 0 Å². The summed E-state index contributed by atoms with van der Waals surface area (Å²) in [6, 6.07) is 7.83. The molecule has 0 N–H and O–H groups in total. The summed E-state index contributed by atoms with van der Waals surface area (Å²) in [5.74, 6) is 0.180. The summed E-state index contributed by atoms with van der Waals surface area (Å²) < 4.78 is 47.2. The minimum absolute atomic E-state index is 0.0810. The number of hydrogen-bond acceptors (Lipinski definition) is 4. The average molecular weight is 370 g/mol. The van der Waals surface area contributed by atoms with Crippen molar-refractivity contribution in [2.45, 2.75) is 25.1 Å². The molecule has 0 saturated heterocycles. The topological polar surface area (TPSA) is 48.7 Å². The van der Waals surface area contributed by atoms with Crippen molar-refractivity contribution in [3.63, 3.8) is 0 Å². The van der Waals surface area contributed by atoms with E-state index in [1.54, 1.807) is 18.2 Å². The summed E-state index contributed by atoms with van der Waals surface area (Å²) in [4.78, 5) is 3.99. The maximum Gasteiger partial charge on any atom is 0.586 e. The van der Waals surface area contributed by atoms with Crippen molar-refractivity contribution < 1.29 is 22.6 Å². The lowest BCUT2D eigenvalue weighted by molar-refractivity contribution is -0.286. The van der Waals surface area contributed by atoms with Gasteiger partial charge in [-0.3, -0.25) is 0 Å². The molecule has 0 unspecified atom stereocenters. The lowest BCUT2D eigenvalue weighted by atomic mass is 10.2. The Hall–Kier alpha value is -2.48. The molecule has 1 aliphatic carbocycles. The fraction of sp³-hybridized carbons (Fsp3) is 0.250. The first-order valence-electron chi connectivity index (χ1n) is 7.47. The number of imidazole rings is 1. The minimum Gasteiger partial charge on any atom is -0.395 e. The predicted molar refractivity (Wildman–Crippen MR) is 82.6 cm³/mol. The van der Waals surface area contributed by atoms with Crippen LogP contribution in [0.1, 0.15) is 24.3 Å². The van der Waals surface area contributed by atoms with Crippen molar-refractivity contribution in [1.82, 2.24) is 14.6 Å². The maximum absolute atomic E-state index is 13.2. The number of benzene rings is 1. The Balaban J connectivity index is 0.000000129. The molecule has 0 bridgehead atoms. The van der Waals surface area contributed by atoms with E-state index in [0.29, 0.717) is 16.7 Å². The number of halogens is 4. The fourth-order valence-corrected chi connectivity index (χ4v) is 2.72. The van der Waals surface area contributed by atoms with Gasteiger partial charge in [0.2, 0.25) is 5.95 Å². The molecule has 130 valence electrons. The second kappa shape index (κ2) is 5.80. The molecule has 1 fully saturated rings. The number of nitrogens with zero attached hydrogens (tertiary/aromatic N) is 3. The van der Waals surface area contributed by atoms with Crippen molar-refractivity contribution in [2.75, 3.05) is 0 Å². The third-order valence-corrected chi connectivity index (χ3v) is 3.93. The van der Waals surface area contributed by atoms with E-state index in [9.17, 15) is 13.2 Å². The molecule has 9 heteroatoms. The first kappa shape index (κ1) is 16.0. The van der Waals surface area contributed by atoms with E-state index in [2.05, 4.69) is 19.6 Å². The van der Waals surface area contributed by atoms with Gasteiger partial charge in [0.1, 0.15) is 0 Å². The number of alkyl halides is 2. The molecule has 5 nitrogen and oxygen atoms in total. The molecule has 1 saturated carbocycles. The molecule has 3 heterocycles. The molecular weight excluding hydrogens is 359 g/mol. The van der Waals surface area contributed by atoms with Crippen LogP contribution in [-0.2, 0) is 0 Å². The zero-order valence-corrected chi connectivity index (χ0v) is 13.4. The molecule has 25 heavy (non-hydrogen) atoms. The monoisotopic (exact) mass is 369 g/mol. The third kappa shape index (κ3) is 3.21. The van der Waals surface area contributed by atoms with Crippen molar-refractivity contribution >= 4 is 17.2 Å². The first-order chi connectivity index (χ1) is 11.9. The standard InChI is InChI=1S/C9H7ClFN3.C7H4F2O2/c10-7-3-6(5-1-2-5)9-12-4-8(11)14(9)13-7;8-7(9)10-5-3-1-2-4-6(5)11-7/h3-5H,1-2H2;1-4H. The summed E-state index contributed by atoms with van der Waals surface area (Å²) in [6.45, 7) is 0. The molecule has 0 radical (unpaired) electrons. The third-order valence-electron chi connectivity index (χ3n) is 3.75. The van der Waals surface area contributed by atoms with Crippen LogP contribution >= 0.6 is 11.6 Å². The van der Waals surface area contributed by atoms with Gasteiger partial charge in [-0.25, -0.2) is 4.98 Å². The van der Waals surface area contributed by atoms with Gasteiger partial charge >= 0.3 is 6.29 Å². The number of hydrogen-bond donors (Lipinski definition) is 0. The molecule has 2 aromatic heterocycles. The van der Waals surface area contributed by atoms with E-state index < -0.39 is 12.2 Å². The van der Waals surface area contributed by atoms with E-state index in [0.717, 1.165) is 22.9 Å². The largest absolute Gasteiger partial charge is 0.586 e. The molecule has 5 rings (SSSR count). The Morgan fingerprint density at radius 3 is 2.40 bits per heavy atom. The molecule has 3 aromatic rings. The predicted octanol–water partition coefficient (Wildman–Crippen LogP) is 4.41. The highest BCUT2D eigenvalue weighted by molar-refractivity contribution is 6.29. The van der Waals surface area contributed by atoms with Gasteiger partial charge in [-0.15, -0.1) is 8.78 Å². The number of aromatic nitrogens is 3. The zero-order chi connectivity index (χ0) is 17.6. The van der Waals surface area contributed by atoms with E-state index in [-0.39, 0.29) is 11.5 Å². The zero-order valence-electron chi connectivity index (χ0n) is 12.6. The summed E-state index contributed by atoms with van der Waals surface area (Å²) in [5, 5.41) is 4.17. The smallest absolute Gasteiger partial charge is 0.395 e. The lowest BCUT2D eigenvalue weighted by Crippen LogP contribution is -2.25. The highest BCUT2D eigenvalue weighted by Crippen LogP contribution is 2.42. The molecule has 2 aliphatic rings. The molecule has 0 atom stereocenters. The first-order valence-corrected chi connectivity index (χ1v) is 7.85. The van der Waals surface area contributed by atoms with E-state index >= 15 is 0 Å². The van der Waals surface area contributed by atoms with Crippen molar-refractivity contribution in [3.05, 3.63) is 53.2 Å².